The molecule has 3 rings (SSSR count). The largest absolute Gasteiger partial charge is 0.468 e. The van der Waals surface area contributed by atoms with Gasteiger partial charge in [-0.15, -0.1) is 0 Å². The molecule has 0 atom stereocenters. The van der Waals surface area contributed by atoms with Gasteiger partial charge in [0.2, 0.25) is 0 Å². The molecule has 0 aliphatic carbocycles. The van der Waals surface area contributed by atoms with Crippen LogP contribution in [0.2, 0.25) is 0 Å². The molecule has 3 aromatic rings. The standard InChI is InChI=1S/C17H16FNO2/c18-15-7-5-14(6-8-15)11-19(12-16-3-1-9-20-16)13-17-4-2-10-21-17/h1-10H,11-13H2. The Hall–Kier alpha value is -2.33. The van der Waals surface area contributed by atoms with Crippen molar-refractivity contribution < 1.29 is 13.2 Å². The summed E-state index contributed by atoms with van der Waals surface area (Å²) in [5, 5.41) is 0. The zero-order valence-corrected chi connectivity index (χ0v) is 11.5. The minimum atomic E-state index is -0.220. The normalized spacial score (nSPS) is 11.1. The van der Waals surface area contributed by atoms with Gasteiger partial charge in [0.15, 0.2) is 0 Å². The van der Waals surface area contributed by atoms with Crippen LogP contribution in [0.3, 0.4) is 0 Å². The Morgan fingerprint density at radius 3 is 1.81 bits per heavy atom. The molecule has 0 aliphatic rings. The van der Waals surface area contributed by atoms with E-state index in [0.29, 0.717) is 19.6 Å². The number of benzene rings is 1. The van der Waals surface area contributed by atoms with Crippen LogP contribution < -0.4 is 0 Å². The Labute approximate surface area is 122 Å². The predicted octanol–water partition coefficient (Wildman–Crippen LogP) is 4.21. The highest BCUT2D eigenvalue weighted by Crippen LogP contribution is 2.15. The number of hydrogen-bond donors (Lipinski definition) is 0. The molecule has 108 valence electrons. The lowest BCUT2D eigenvalue weighted by molar-refractivity contribution is 0.209. The van der Waals surface area contributed by atoms with E-state index in [9.17, 15) is 4.39 Å². The lowest BCUT2D eigenvalue weighted by atomic mass is 10.2. The second kappa shape index (κ2) is 6.41. The Morgan fingerprint density at radius 1 is 0.762 bits per heavy atom. The van der Waals surface area contributed by atoms with Gasteiger partial charge in [0.25, 0.3) is 0 Å². The number of rotatable bonds is 6. The molecule has 0 aliphatic heterocycles. The first-order valence-corrected chi connectivity index (χ1v) is 6.81. The van der Waals surface area contributed by atoms with Gasteiger partial charge in [0.1, 0.15) is 17.3 Å². The van der Waals surface area contributed by atoms with Crippen molar-refractivity contribution in [2.24, 2.45) is 0 Å². The van der Waals surface area contributed by atoms with Gasteiger partial charge in [-0.05, 0) is 42.0 Å². The first kappa shape index (κ1) is 13.6. The molecule has 3 nitrogen and oxygen atoms in total. The molecule has 0 amide bonds. The fourth-order valence-corrected chi connectivity index (χ4v) is 2.26. The molecule has 2 heterocycles. The first-order chi connectivity index (χ1) is 10.3. The molecule has 0 bridgehead atoms. The molecule has 0 fully saturated rings. The Balaban J connectivity index is 1.72. The first-order valence-electron chi connectivity index (χ1n) is 6.81. The summed E-state index contributed by atoms with van der Waals surface area (Å²) < 4.78 is 23.8. The molecule has 0 radical (unpaired) electrons. The van der Waals surface area contributed by atoms with Crippen LogP contribution in [0.25, 0.3) is 0 Å². The van der Waals surface area contributed by atoms with Crippen LogP contribution in [0.4, 0.5) is 4.39 Å². The number of nitrogens with zero attached hydrogens (tertiary/aromatic N) is 1. The van der Waals surface area contributed by atoms with Crippen molar-refractivity contribution in [3.8, 4) is 0 Å². The van der Waals surface area contributed by atoms with Gasteiger partial charge >= 0.3 is 0 Å². The molecule has 1 aromatic carbocycles. The molecule has 2 aromatic heterocycles. The summed E-state index contributed by atoms with van der Waals surface area (Å²) in [4.78, 5) is 2.19. The maximum absolute atomic E-state index is 13.0. The molecule has 0 N–H and O–H groups in total. The van der Waals surface area contributed by atoms with Crippen molar-refractivity contribution in [3.05, 3.63) is 84.0 Å². The van der Waals surface area contributed by atoms with Gasteiger partial charge in [0, 0.05) is 6.54 Å². The van der Waals surface area contributed by atoms with Crippen LogP contribution in [0.5, 0.6) is 0 Å². The van der Waals surface area contributed by atoms with E-state index in [0.717, 1.165) is 17.1 Å². The predicted molar refractivity (Wildman–Crippen MR) is 76.8 cm³/mol. The summed E-state index contributed by atoms with van der Waals surface area (Å²) in [6, 6.07) is 14.2. The van der Waals surface area contributed by atoms with E-state index in [-0.39, 0.29) is 5.82 Å². The van der Waals surface area contributed by atoms with Gasteiger partial charge in [-0.1, -0.05) is 12.1 Å². The maximum atomic E-state index is 13.0. The highest BCUT2D eigenvalue weighted by atomic mass is 19.1. The van der Waals surface area contributed by atoms with Gasteiger partial charge < -0.3 is 8.83 Å². The zero-order valence-electron chi connectivity index (χ0n) is 11.5. The third-order valence-corrected chi connectivity index (χ3v) is 3.24. The van der Waals surface area contributed by atoms with E-state index >= 15 is 0 Å². The van der Waals surface area contributed by atoms with Gasteiger partial charge in [-0.2, -0.15) is 0 Å². The SMILES string of the molecule is Fc1ccc(CN(Cc2ccco2)Cc2ccco2)cc1. The van der Waals surface area contributed by atoms with E-state index < -0.39 is 0 Å². The van der Waals surface area contributed by atoms with Crippen LogP contribution in [0.1, 0.15) is 17.1 Å². The fraction of sp³-hybridized carbons (Fsp3) is 0.176. The third kappa shape index (κ3) is 3.83. The average molecular weight is 285 g/mol. The molecule has 21 heavy (non-hydrogen) atoms. The van der Waals surface area contributed by atoms with Gasteiger partial charge in [0.05, 0.1) is 25.6 Å². The monoisotopic (exact) mass is 285 g/mol. The topological polar surface area (TPSA) is 29.5 Å². The number of halogens is 1. The maximum Gasteiger partial charge on any atom is 0.123 e. The fourth-order valence-electron chi connectivity index (χ4n) is 2.26. The summed E-state index contributed by atoms with van der Waals surface area (Å²) in [5.41, 5.74) is 1.05. The van der Waals surface area contributed by atoms with Crippen molar-refractivity contribution in [3.63, 3.8) is 0 Å². The van der Waals surface area contributed by atoms with Crippen molar-refractivity contribution in [1.29, 1.82) is 0 Å². The van der Waals surface area contributed by atoms with E-state index in [2.05, 4.69) is 4.90 Å². The minimum absolute atomic E-state index is 0.220. The zero-order chi connectivity index (χ0) is 14.5. The molecular weight excluding hydrogens is 269 g/mol. The van der Waals surface area contributed by atoms with Crippen LogP contribution in [-0.4, -0.2) is 4.90 Å². The highest BCUT2D eigenvalue weighted by molar-refractivity contribution is 5.16. The molecule has 4 heteroatoms. The van der Waals surface area contributed by atoms with Crippen LogP contribution in [0.15, 0.2) is 69.9 Å². The summed E-state index contributed by atoms with van der Waals surface area (Å²) in [7, 11) is 0. The number of hydrogen-bond acceptors (Lipinski definition) is 3. The Bertz CT molecular complexity index is 608. The van der Waals surface area contributed by atoms with Gasteiger partial charge in [-0.25, -0.2) is 4.39 Å². The van der Waals surface area contributed by atoms with E-state index in [1.165, 1.54) is 12.1 Å². The van der Waals surface area contributed by atoms with Crippen molar-refractivity contribution in [2.75, 3.05) is 0 Å². The second-order valence-electron chi connectivity index (χ2n) is 4.93. The van der Waals surface area contributed by atoms with E-state index in [4.69, 9.17) is 8.83 Å². The summed E-state index contributed by atoms with van der Waals surface area (Å²) in [6.45, 7) is 2.04. The molecular formula is C17H16FNO2. The molecule has 0 unspecified atom stereocenters. The smallest absolute Gasteiger partial charge is 0.123 e. The van der Waals surface area contributed by atoms with Crippen molar-refractivity contribution in [1.82, 2.24) is 4.90 Å². The number of furan rings is 2. The van der Waals surface area contributed by atoms with Crippen LogP contribution in [0, 0.1) is 5.82 Å². The third-order valence-electron chi connectivity index (χ3n) is 3.24. The molecule has 0 saturated carbocycles. The summed E-state index contributed by atoms with van der Waals surface area (Å²) in [5.74, 6) is 1.56. The van der Waals surface area contributed by atoms with Crippen molar-refractivity contribution in [2.45, 2.75) is 19.6 Å². The summed E-state index contributed by atoms with van der Waals surface area (Å²) in [6.07, 6.45) is 3.33. The lowest BCUT2D eigenvalue weighted by Crippen LogP contribution is -2.21. The van der Waals surface area contributed by atoms with Gasteiger partial charge in [-0.3, -0.25) is 4.90 Å². The molecule has 0 saturated heterocycles. The molecule has 0 spiro atoms. The Morgan fingerprint density at radius 2 is 1.33 bits per heavy atom. The van der Waals surface area contributed by atoms with E-state index in [1.54, 1.807) is 24.7 Å². The van der Waals surface area contributed by atoms with Crippen LogP contribution >= 0.6 is 0 Å². The Kier molecular flexibility index (Phi) is 4.17. The minimum Gasteiger partial charge on any atom is -0.468 e. The average Bonchev–Trinajstić information content (AvgIpc) is 3.15. The lowest BCUT2D eigenvalue weighted by Gasteiger charge is -2.20. The van der Waals surface area contributed by atoms with E-state index in [1.807, 2.05) is 24.3 Å². The second-order valence-corrected chi connectivity index (χ2v) is 4.93. The van der Waals surface area contributed by atoms with Crippen molar-refractivity contribution >= 4 is 0 Å². The highest BCUT2D eigenvalue weighted by Gasteiger charge is 2.11. The van der Waals surface area contributed by atoms with Crippen LogP contribution in [-0.2, 0) is 19.6 Å². The quantitative estimate of drug-likeness (QED) is 0.679. The summed E-state index contributed by atoms with van der Waals surface area (Å²) >= 11 is 0.